The molecule has 1 amide bonds. The molecule has 0 bridgehead atoms. The lowest BCUT2D eigenvalue weighted by Crippen LogP contribution is -2.53. The van der Waals surface area contributed by atoms with Crippen molar-refractivity contribution in [2.45, 2.75) is 38.3 Å². The summed E-state index contributed by atoms with van der Waals surface area (Å²) in [5.74, 6) is 0.219. The molecule has 19 heavy (non-hydrogen) atoms. The van der Waals surface area contributed by atoms with E-state index in [-0.39, 0.29) is 12.0 Å². The Labute approximate surface area is 114 Å². The highest BCUT2D eigenvalue weighted by Crippen LogP contribution is 2.31. The van der Waals surface area contributed by atoms with E-state index >= 15 is 0 Å². The zero-order valence-electron chi connectivity index (χ0n) is 11.8. The van der Waals surface area contributed by atoms with Gasteiger partial charge in [0.05, 0.1) is 6.04 Å². The van der Waals surface area contributed by atoms with Crippen LogP contribution in [0.15, 0.2) is 30.3 Å². The quantitative estimate of drug-likeness (QED) is 0.861. The Morgan fingerprint density at radius 3 is 2.42 bits per heavy atom. The van der Waals surface area contributed by atoms with Gasteiger partial charge in [-0.25, -0.2) is 4.79 Å². The molecule has 1 saturated heterocycles. The molecule has 1 aliphatic rings. The zero-order valence-corrected chi connectivity index (χ0v) is 11.8. The first-order valence-corrected chi connectivity index (χ1v) is 6.69. The number of rotatable bonds is 2. The van der Waals surface area contributed by atoms with Crippen LogP contribution in [0.1, 0.15) is 32.3 Å². The predicted molar refractivity (Wildman–Crippen MR) is 75.5 cm³/mol. The fourth-order valence-electron chi connectivity index (χ4n) is 2.90. The summed E-state index contributed by atoms with van der Waals surface area (Å²) in [4.78, 5) is 13.2. The normalized spacial score (nSPS) is 23.3. The van der Waals surface area contributed by atoms with E-state index in [2.05, 4.69) is 17.4 Å². The zero-order chi connectivity index (χ0) is 14.0. The van der Waals surface area contributed by atoms with E-state index in [4.69, 9.17) is 0 Å². The monoisotopic (exact) mass is 262 g/mol. The maximum Gasteiger partial charge on any atom is 0.408 e. The third-order valence-electron chi connectivity index (χ3n) is 3.67. The molecule has 0 spiro atoms. The van der Waals surface area contributed by atoms with Gasteiger partial charge in [0, 0.05) is 24.5 Å². The van der Waals surface area contributed by atoms with E-state index in [0.717, 1.165) is 6.54 Å². The Balaban J connectivity index is 2.30. The molecule has 2 N–H and O–H groups in total. The van der Waals surface area contributed by atoms with E-state index in [1.165, 1.54) is 5.56 Å². The van der Waals surface area contributed by atoms with Crippen molar-refractivity contribution < 1.29 is 9.90 Å². The largest absolute Gasteiger partial charge is 0.465 e. The van der Waals surface area contributed by atoms with Crippen LogP contribution in [0.3, 0.4) is 0 Å². The molecule has 0 unspecified atom stereocenters. The molecule has 4 nitrogen and oxygen atoms in total. The van der Waals surface area contributed by atoms with Gasteiger partial charge in [0.1, 0.15) is 0 Å². The number of hydrogen-bond acceptors (Lipinski definition) is 2. The average Bonchev–Trinajstić information content (AvgIpc) is 2.76. The van der Waals surface area contributed by atoms with Gasteiger partial charge in [-0.15, -0.1) is 0 Å². The predicted octanol–water partition coefficient (Wildman–Crippen LogP) is 2.52. The van der Waals surface area contributed by atoms with Crippen molar-refractivity contribution in [1.82, 2.24) is 10.2 Å². The first-order valence-electron chi connectivity index (χ1n) is 6.69. The molecule has 1 fully saturated rings. The fourth-order valence-corrected chi connectivity index (χ4v) is 2.90. The number of nitrogens with one attached hydrogen (secondary N) is 1. The Hall–Kier alpha value is -1.55. The molecular formula is C15H22N2O2. The molecular weight excluding hydrogens is 240 g/mol. The summed E-state index contributed by atoms with van der Waals surface area (Å²) >= 11 is 0. The highest BCUT2D eigenvalue weighted by atomic mass is 16.4. The van der Waals surface area contributed by atoms with Crippen molar-refractivity contribution in [2.75, 3.05) is 13.1 Å². The van der Waals surface area contributed by atoms with Gasteiger partial charge in [0.2, 0.25) is 0 Å². The summed E-state index contributed by atoms with van der Waals surface area (Å²) in [7, 11) is 0. The summed E-state index contributed by atoms with van der Waals surface area (Å²) in [5.41, 5.74) is 0.809. The van der Waals surface area contributed by atoms with Crippen LogP contribution >= 0.6 is 0 Å². The van der Waals surface area contributed by atoms with Crippen molar-refractivity contribution in [3.8, 4) is 0 Å². The summed E-state index contributed by atoms with van der Waals surface area (Å²) in [5, 5.41) is 12.9. The highest BCUT2D eigenvalue weighted by Gasteiger charge is 2.40. The van der Waals surface area contributed by atoms with Gasteiger partial charge in [-0.3, -0.25) is 4.90 Å². The van der Waals surface area contributed by atoms with Crippen LogP contribution in [0, 0.1) is 0 Å². The Morgan fingerprint density at radius 1 is 1.26 bits per heavy atom. The number of carbonyl (C=O) groups is 1. The second kappa shape index (κ2) is 5.21. The van der Waals surface area contributed by atoms with Crippen molar-refractivity contribution >= 4 is 6.09 Å². The number of benzene rings is 1. The highest BCUT2D eigenvalue weighted by molar-refractivity contribution is 5.67. The molecule has 0 radical (unpaired) electrons. The second-order valence-electron chi connectivity index (χ2n) is 6.07. The molecule has 1 aromatic rings. The van der Waals surface area contributed by atoms with Gasteiger partial charge in [0.15, 0.2) is 0 Å². The Morgan fingerprint density at radius 2 is 1.89 bits per heavy atom. The Bertz CT molecular complexity index is 439. The van der Waals surface area contributed by atoms with Crippen LogP contribution in [0.2, 0.25) is 0 Å². The SMILES string of the molecule is CC(C)(C)N(C(=O)O)[C@@H]1CNC[C@H]1c1ccccc1. The molecule has 0 aliphatic carbocycles. The Kier molecular flexibility index (Phi) is 3.80. The molecule has 104 valence electrons. The van der Waals surface area contributed by atoms with E-state index in [9.17, 15) is 9.90 Å². The summed E-state index contributed by atoms with van der Waals surface area (Å²) in [6.45, 7) is 7.38. The number of nitrogens with zero attached hydrogens (tertiary/aromatic N) is 1. The molecule has 0 saturated carbocycles. The lowest BCUT2D eigenvalue weighted by atomic mass is 9.90. The number of carboxylic acid groups (broad SMARTS) is 1. The summed E-state index contributed by atoms with van der Waals surface area (Å²) in [6, 6.07) is 10.1. The van der Waals surface area contributed by atoms with E-state index < -0.39 is 11.6 Å². The molecule has 2 atom stereocenters. The molecule has 1 heterocycles. The lowest BCUT2D eigenvalue weighted by molar-refractivity contribution is 0.0708. The van der Waals surface area contributed by atoms with Crippen molar-refractivity contribution in [2.24, 2.45) is 0 Å². The van der Waals surface area contributed by atoms with Gasteiger partial charge in [0.25, 0.3) is 0 Å². The van der Waals surface area contributed by atoms with Crippen LogP contribution in [0.25, 0.3) is 0 Å². The van der Waals surface area contributed by atoms with Crippen LogP contribution in [-0.2, 0) is 0 Å². The van der Waals surface area contributed by atoms with Gasteiger partial charge in [-0.05, 0) is 26.3 Å². The van der Waals surface area contributed by atoms with Gasteiger partial charge in [-0.2, -0.15) is 0 Å². The van der Waals surface area contributed by atoms with Crippen LogP contribution in [0.5, 0.6) is 0 Å². The first kappa shape index (κ1) is 13.9. The minimum atomic E-state index is -0.845. The maximum atomic E-state index is 11.6. The minimum Gasteiger partial charge on any atom is -0.465 e. The van der Waals surface area contributed by atoms with Crippen LogP contribution < -0.4 is 5.32 Å². The molecule has 0 aromatic heterocycles. The lowest BCUT2D eigenvalue weighted by Gasteiger charge is -2.40. The van der Waals surface area contributed by atoms with Crippen molar-refractivity contribution in [1.29, 1.82) is 0 Å². The van der Waals surface area contributed by atoms with Crippen LogP contribution in [0.4, 0.5) is 4.79 Å². The van der Waals surface area contributed by atoms with E-state index in [1.54, 1.807) is 4.90 Å². The standard InChI is InChI=1S/C15H22N2O2/c1-15(2,3)17(14(18)19)13-10-16-9-12(13)11-7-5-4-6-8-11/h4-8,12-13,16H,9-10H2,1-3H3,(H,18,19)/t12-,13+/m0/s1. The average molecular weight is 262 g/mol. The number of hydrogen-bond donors (Lipinski definition) is 2. The van der Waals surface area contributed by atoms with E-state index in [0.29, 0.717) is 6.54 Å². The topological polar surface area (TPSA) is 52.6 Å². The third-order valence-corrected chi connectivity index (χ3v) is 3.67. The third kappa shape index (κ3) is 2.89. The minimum absolute atomic E-state index is 0.0140. The van der Waals surface area contributed by atoms with Crippen molar-refractivity contribution in [3.63, 3.8) is 0 Å². The van der Waals surface area contributed by atoms with Gasteiger partial charge < -0.3 is 10.4 Å². The van der Waals surface area contributed by atoms with Gasteiger partial charge in [-0.1, -0.05) is 30.3 Å². The van der Waals surface area contributed by atoms with E-state index in [1.807, 2.05) is 39.0 Å². The van der Waals surface area contributed by atoms with Gasteiger partial charge >= 0.3 is 6.09 Å². The summed E-state index contributed by atoms with van der Waals surface area (Å²) < 4.78 is 0. The second-order valence-corrected chi connectivity index (χ2v) is 6.07. The molecule has 1 aliphatic heterocycles. The molecule has 4 heteroatoms. The number of amides is 1. The fraction of sp³-hybridized carbons (Fsp3) is 0.533. The first-order chi connectivity index (χ1) is 8.91. The van der Waals surface area contributed by atoms with Crippen LogP contribution in [-0.4, -0.2) is 40.8 Å². The smallest absolute Gasteiger partial charge is 0.408 e. The molecule has 1 aromatic carbocycles. The summed E-state index contributed by atoms with van der Waals surface area (Å²) in [6.07, 6.45) is -0.845. The van der Waals surface area contributed by atoms with Crippen molar-refractivity contribution in [3.05, 3.63) is 35.9 Å². The maximum absolute atomic E-state index is 11.6. The molecule has 2 rings (SSSR count).